The van der Waals surface area contributed by atoms with Gasteiger partial charge in [0.1, 0.15) is 12.4 Å². The fourth-order valence-corrected chi connectivity index (χ4v) is 3.03. The molecule has 0 bridgehead atoms. The van der Waals surface area contributed by atoms with Gasteiger partial charge >= 0.3 is 5.97 Å². The topological polar surface area (TPSA) is 77.1 Å². The summed E-state index contributed by atoms with van der Waals surface area (Å²) >= 11 is 0. The van der Waals surface area contributed by atoms with E-state index < -0.39 is 5.97 Å². The first kappa shape index (κ1) is 21.6. The summed E-state index contributed by atoms with van der Waals surface area (Å²) in [7, 11) is 3.94. The van der Waals surface area contributed by atoms with Gasteiger partial charge in [-0.15, -0.1) is 0 Å². The Balaban J connectivity index is 1.38. The van der Waals surface area contributed by atoms with Gasteiger partial charge in [-0.25, -0.2) is 4.79 Å². The number of benzene rings is 2. The molecule has 3 rings (SSSR count). The number of nitrogens with zero attached hydrogens (tertiary/aromatic N) is 1. The standard InChI is InChI=1S/C23H28N2O5/c1-25(2)19-9-5-17(6-10-19)14-24-22(26)16-30-23(27)18-7-11-20(12-8-18)29-15-21-4-3-13-28-21/h5-12,21H,3-4,13-16H2,1-2H3,(H,24,26)/t21-/m0/s1. The summed E-state index contributed by atoms with van der Waals surface area (Å²) in [5.41, 5.74) is 2.42. The summed E-state index contributed by atoms with van der Waals surface area (Å²) < 4.78 is 16.3. The minimum absolute atomic E-state index is 0.138. The van der Waals surface area contributed by atoms with Crippen molar-refractivity contribution in [3.05, 3.63) is 59.7 Å². The van der Waals surface area contributed by atoms with E-state index in [-0.39, 0.29) is 18.6 Å². The van der Waals surface area contributed by atoms with Crippen molar-refractivity contribution < 1.29 is 23.8 Å². The van der Waals surface area contributed by atoms with Gasteiger partial charge in [0.2, 0.25) is 0 Å². The molecule has 1 aliphatic heterocycles. The molecule has 1 fully saturated rings. The third kappa shape index (κ3) is 6.49. The third-order valence-electron chi connectivity index (χ3n) is 4.83. The molecule has 1 saturated heterocycles. The van der Waals surface area contributed by atoms with E-state index in [4.69, 9.17) is 14.2 Å². The van der Waals surface area contributed by atoms with Crippen LogP contribution in [0.25, 0.3) is 0 Å². The lowest BCUT2D eigenvalue weighted by atomic mass is 10.2. The molecule has 0 unspecified atom stereocenters. The lowest BCUT2D eigenvalue weighted by Gasteiger charge is -2.13. The van der Waals surface area contributed by atoms with Crippen LogP contribution in [0.5, 0.6) is 5.75 Å². The molecule has 0 aromatic heterocycles. The van der Waals surface area contributed by atoms with Crippen molar-refractivity contribution in [3.63, 3.8) is 0 Å². The maximum absolute atomic E-state index is 12.1. The average Bonchev–Trinajstić information content (AvgIpc) is 3.29. The van der Waals surface area contributed by atoms with Crippen molar-refractivity contribution in [2.45, 2.75) is 25.5 Å². The van der Waals surface area contributed by atoms with Crippen LogP contribution in [0.1, 0.15) is 28.8 Å². The molecule has 0 saturated carbocycles. The normalized spacial score (nSPS) is 15.5. The highest BCUT2D eigenvalue weighted by molar-refractivity contribution is 5.91. The second kappa shape index (κ2) is 10.6. The molecule has 7 heteroatoms. The number of amides is 1. The van der Waals surface area contributed by atoms with E-state index in [1.807, 2.05) is 43.3 Å². The molecule has 0 aliphatic carbocycles. The van der Waals surface area contributed by atoms with E-state index in [9.17, 15) is 9.59 Å². The highest BCUT2D eigenvalue weighted by atomic mass is 16.5. The molecular formula is C23H28N2O5. The lowest BCUT2D eigenvalue weighted by molar-refractivity contribution is -0.124. The molecule has 0 radical (unpaired) electrons. The Morgan fingerprint density at radius 3 is 2.47 bits per heavy atom. The van der Waals surface area contributed by atoms with Crippen molar-refractivity contribution in [3.8, 4) is 5.75 Å². The summed E-state index contributed by atoms with van der Waals surface area (Å²) in [5, 5.41) is 2.75. The Bertz CT molecular complexity index is 828. The molecule has 1 N–H and O–H groups in total. The molecule has 2 aromatic rings. The quantitative estimate of drug-likeness (QED) is 0.639. The number of hydrogen-bond acceptors (Lipinski definition) is 6. The van der Waals surface area contributed by atoms with Crippen LogP contribution in [-0.2, 0) is 20.8 Å². The predicted molar refractivity (Wildman–Crippen MR) is 114 cm³/mol. The minimum Gasteiger partial charge on any atom is -0.491 e. The summed E-state index contributed by atoms with van der Waals surface area (Å²) in [6.45, 7) is 1.34. The van der Waals surface area contributed by atoms with Gasteiger partial charge in [-0.05, 0) is 54.8 Å². The predicted octanol–water partition coefficient (Wildman–Crippen LogP) is 2.78. The Kier molecular flexibility index (Phi) is 7.68. The molecule has 1 amide bonds. The number of rotatable bonds is 9. The van der Waals surface area contributed by atoms with Crippen LogP contribution in [0, 0.1) is 0 Å². The number of anilines is 1. The van der Waals surface area contributed by atoms with Crippen molar-refractivity contribution in [1.29, 1.82) is 0 Å². The monoisotopic (exact) mass is 412 g/mol. The number of ether oxygens (including phenoxy) is 3. The van der Waals surface area contributed by atoms with Crippen LogP contribution in [0.4, 0.5) is 5.69 Å². The van der Waals surface area contributed by atoms with E-state index in [0.29, 0.717) is 24.5 Å². The molecule has 0 spiro atoms. The number of nitrogens with one attached hydrogen (secondary N) is 1. The molecule has 1 atom stereocenters. The van der Waals surface area contributed by atoms with Crippen molar-refractivity contribution in [1.82, 2.24) is 5.32 Å². The van der Waals surface area contributed by atoms with E-state index in [1.165, 1.54) is 0 Å². The van der Waals surface area contributed by atoms with Gasteiger partial charge in [0.05, 0.1) is 11.7 Å². The molecule has 1 aliphatic rings. The minimum atomic E-state index is -0.550. The van der Waals surface area contributed by atoms with Crippen LogP contribution in [-0.4, -0.2) is 51.9 Å². The van der Waals surface area contributed by atoms with Gasteiger partial charge in [-0.1, -0.05) is 12.1 Å². The Morgan fingerprint density at radius 1 is 1.10 bits per heavy atom. The first-order chi connectivity index (χ1) is 14.5. The highest BCUT2D eigenvalue weighted by Gasteiger charge is 2.16. The van der Waals surface area contributed by atoms with Crippen molar-refractivity contribution in [2.24, 2.45) is 0 Å². The molecular weight excluding hydrogens is 384 g/mol. The third-order valence-corrected chi connectivity index (χ3v) is 4.83. The van der Waals surface area contributed by atoms with Crippen molar-refractivity contribution in [2.75, 3.05) is 38.8 Å². The van der Waals surface area contributed by atoms with Gasteiger partial charge in [0.25, 0.3) is 5.91 Å². The summed E-state index contributed by atoms with van der Waals surface area (Å²) in [6.07, 6.45) is 2.21. The Morgan fingerprint density at radius 2 is 1.83 bits per heavy atom. The zero-order chi connectivity index (χ0) is 21.3. The van der Waals surface area contributed by atoms with Crippen molar-refractivity contribution >= 4 is 17.6 Å². The van der Waals surface area contributed by atoms with Gasteiger partial charge in [-0.3, -0.25) is 4.79 Å². The van der Waals surface area contributed by atoms with Gasteiger partial charge in [0, 0.05) is 32.9 Å². The number of carbonyl (C=O) groups is 2. The van der Waals surface area contributed by atoms with Crippen LogP contribution in [0.3, 0.4) is 0 Å². The van der Waals surface area contributed by atoms with E-state index in [1.54, 1.807) is 24.3 Å². The zero-order valence-corrected chi connectivity index (χ0v) is 17.4. The Labute approximate surface area is 176 Å². The van der Waals surface area contributed by atoms with Crippen LogP contribution < -0.4 is 15.0 Å². The Hall–Kier alpha value is -3.06. The first-order valence-electron chi connectivity index (χ1n) is 10.1. The van der Waals surface area contributed by atoms with Crippen LogP contribution in [0.2, 0.25) is 0 Å². The maximum Gasteiger partial charge on any atom is 0.338 e. The number of esters is 1. The molecule has 30 heavy (non-hydrogen) atoms. The summed E-state index contributed by atoms with van der Waals surface area (Å²) in [4.78, 5) is 26.1. The SMILES string of the molecule is CN(C)c1ccc(CNC(=O)COC(=O)c2ccc(OC[C@@H]3CCCO3)cc2)cc1. The zero-order valence-electron chi connectivity index (χ0n) is 17.4. The van der Waals surface area contributed by atoms with Crippen LogP contribution in [0.15, 0.2) is 48.5 Å². The second-order valence-electron chi connectivity index (χ2n) is 7.38. The largest absolute Gasteiger partial charge is 0.491 e. The van der Waals surface area contributed by atoms with Crippen LogP contribution >= 0.6 is 0 Å². The molecule has 160 valence electrons. The average molecular weight is 412 g/mol. The smallest absolute Gasteiger partial charge is 0.338 e. The van der Waals surface area contributed by atoms with E-state index in [0.717, 1.165) is 30.7 Å². The second-order valence-corrected chi connectivity index (χ2v) is 7.38. The fraction of sp³-hybridized carbons (Fsp3) is 0.391. The maximum atomic E-state index is 12.1. The first-order valence-corrected chi connectivity index (χ1v) is 10.1. The summed E-state index contributed by atoms with van der Waals surface area (Å²) in [6, 6.07) is 14.5. The number of hydrogen-bond donors (Lipinski definition) is 1. The highest BCUT2D eigenvalue weighted by Crippen LogP contribution is 2.17. The summed E-state index contributed by atoms with van der Waals surface area (Å²) in [5.74, 6) is -0.234. The van der Waals surface area contributed by atoms with E-state index >= 15 is 0 Å². The number of carbonyl (C=O) groups excluding carboxylic acids is 2. The molecule has 7 nitrogen and oxygen atoms in total. The fourth-order valence-electron chi connectivity index (χ4n) is 3.03. The van der Waals surface area contributed by atoms with Gasteiger partial charge in [0.15, 0.2) is 6.61 Å². The molecule has 1 heterocycles. The lowest BCUT2D eigenvalue weighted by Crippen LogP contribution is -2.28. The van der Waals surface area contributed by atoms with E-state index in [2.05, 4.69) is 5.32 Å². The molecule has 2 aromatic carbocycles. The van der Waals surface area contributed by atoms with Gasteiger partial charge < -0.3 is 24.4 Å². The van der Waals surface area contributed by atoms with Gasteiger partial charge in [-0.2, -0.15) is 0 Å².